The number of piperidine rings is 1. The van der Waals surface area contributed by atoms with Crippen molar-refractivity contribution in [2.75, 3.05) is 37.6 Å². The van der Waals surface area contributed by atoms with Crippen LogP contribution in [0.25, 0.3) is 10.9 Å². The molecule has 0 bridgehead atoms. The molecule has 2 aliphatic heterocycles. The summed E-state index contributed by atoms with van der Waals surface area (Å²) in [7, 11) is 0. The highest BCUT2D eigenvalue weighted by atomic mass is 16.1. The average Bonchev–Trinajstić information content (AvgIpc) is 3.55. The Kier molecular flexibility index (Phi) is 4.99. The van der Waals surface area contributed by atoms with Gasteiger partial charge in [0.2, 0.25) is 5.91 Å². The van der Waals surface area contributed by atoms with Crippen LogP contribution in [0.15, 0.2) is 29.3 Å². The summed E-state index contributed by atoms with van der Waals surface area (Å²) in [5, 5.41) is 3.83. The Hall–Kier alpha value is -2.41. The fourth-order valence-corrected chi connectivity index (χ4v) is 4.57. The molecule has 3 fully saturated rings. The van der Waals surface area contributed by atoms with Crippen LogP contribution in [0.1, 0.15) is 32.1 Å². The molecule has 2 aromatic rings. The Morgan fingerprint density at radius 3 is 2.62 bits per heavy atom. The van der Waals surface area contributed by atoms with Gasteiger partial charge < -0.3 is 10.2 Å². The van der Waals surface area contributed by atoms with E-state index in [0.717, 1.165) is 63.3 Å². The molecule has 154 valence electrons. The van der Waals surface area contributed by atoms with E-state index in [4.69, 9.17) is 0 Å². The molecule has 0 spiro atoms. The third kappa shape index (κ3) is 4.15. The first-order valence-electron chi connectivity index (χ1n) is 10.9. The maximum Gasteiger partial charge on any atom is 0.261 e. The average molecular weight is 396 g/mol. The summed E-state index contributed by atoms with van der Waals surface area (Å²) in [4.78, 5) is 33.7. The summed E-state index contributed by atoms with van der Waals surface area (Å²) in [5.41, 5.74) is 2.00. The third-order valence-electron chi connectivity index (χ3n) is 6.50. The van der Waals surface area contributed by atoms with E-state index in [9.17, 15) is 9.59 Å². The molecule has 1 aromatic carbocycles. The smallest absolute Gasteiger partial charge is 0.261 e. The Labute approximate surface area is 170 Å². The Bertz CT molecular complexity index is 959. The quantitative estimate of drug-likeness (QED) is 0.833. The standard InChI is InChI=1S/C22H29N5O2/c28-21-3-1-2-17(24-21)14-25-8-10-26(11-9-25)18-6-7-19-20(12-18)23-15-27(22(19)29)13-16-4-5-16/h6-7,12,15-17H,1-5,8-11,13-14H2,(H,24,28). The van der Waals surface area contributed by atoms with Gasteiger partial charge in [-0.3, -0.25) is 19.1 Å². The second-order valence-corrected chi connectivity index (χ2v) is 8.79. The summed E-state index contributed by atoms with van der Waals surface area (Å²) in [5.74, 6) is 0.851. The number of rotatable bonds is 5. The number of nitrogens with one attached hydrogen (secondary N) is 1. The molecule has 5 rings (SSSR count). The van der Waals surface area contributed by atoms with Gasteiger partial charge >= 0.3 is 0 Å². The number of aromatic nitrogens is 2. The molecule has 7 nitrogen and oxygen atoms in total. The van der Waals surface area contributed by atoms with Crippen LogP contribution in [0, 0.1) is 5.92 Å². The molecule has 1 aliphatic carbocycles. The van der Waals surface area contributed by atoms with Gasteiger partial charge in [-0.05, 0) is 49.8 Å². The van der Waals surface area contributed by atoms with Crippen molar-refractivity contribution >= 4 is 22.5 Å². The van der Waals surface area contributed by atoms with E-state index in [2.05, 4.69) is 32.2 Å². The summed E-state index contributed by atoms with van der Waals surface area (Å²) in [6.07, 6.45) is 6.92. The normalized spacial score (nSPS) is 23.4. The highest BCUT2D eigenvalue weighted by Crippen LogP contribution is 2.30. The van der Waals surface area contributed by atoms with E-state index >= 15 is 0 Å². The number of amides is 1. The number of carbonyl (C=O) groups excluding carboxylic acids is 1. The molecular formula is C22H29N5O2. The lowest BCUT2D eigenvalue weighted by molar-refractivity contribution is -0.123. The SMILES string of the molecule is O=C1CCCC(CN2CCN(c3ccc4c(=O)n(CC5CC5)cnc4c3)CC2)N1. The van der Waals surface area contributed by atoms with Gasteiger partial charge in [-0.2, -0.15) is 0 Å². The minimum absolute atomic E-state index is 0.0767. The van der Waals surface area contributed by atoms with Gasteiger partial charge in [0, 0.05) is 57.4 Å². The van der Waals surface area contributed by atoms with Crippen molar-refractivity contribution in [2.45, 2.75) is 44.7 Å². The first-order valence-corrected chi connectivity index (χ1v) is 10.9. The molecular weight excluding hydrogens is 366 g/mol. The Morgan fingerprint density at radius 1 is 1.03 bits per heavy atom. The third-order valence-corrected chi connectivity index (χ3v) is 6.50. The van der Waals surface area contributed by atoms with Gasteiger partial charge in [-0.15, -0.1) is 0 Å². The fraction of sp³-hybridized carbons (Fsp3) is 0.591. The van der Waals surface area contributed by atoms with Crippen LogP contribution >= 0.6 is 0 Å². The molecule has 1 aromatic heterocycles. The molecule has 1 amide bonds. The molecule has 1 saturated carbocycles. The van der Waals surface area contributed by atoms with Gasteiger partial charge in [0.05, 0.1) is 17.2 Å². The molecule has 7 heteroatoms. The van der Waals surface area contributed by atoms with Crippen LogP contribution in [0.5, 0.6) is 0 Å². The first-order chi connectivity index (χ1) is 14.2. The highest BCUT2D eigenvalue weighted by Gasteiger charge is 2.24. The van der Waals surface area contributed by atoms with Gasteiger partial charge in [0.1, 0.15) is 0 Å². The number of hydrogen-bond donors (Lipinski definition) is 1. The van der Waals surface area contributed by atoms with Gasteiger partial charge in [-0.25, -0.2) is 4.98 Å². The van der Waals surface area contributed by atoms with Crippen molar-refractivity contribution in [1.82, 2.24) is 19.8 Å². The summed E-state index contributed by atoms with van der Waals surface area (Å²) < 4.78 is 1.77. The van der Waals surface area contributed by atoms with E-state index in [0.29, 0.717) is 23.8 Å². The van der Waals surface area contributed by atoms with Gasteiger partial charge in [0.15, 0.2) is 0 Å². The second kappa shape index (κ2) is 7.78. The summed E-state index contributed by atoms with van der Waals surface area (Å²) in [6, 6.07) is 6.34. The van der Waals surface area contributed by atoms with Crippen molar-refractivity contribution in [2.24, 2.45) is 5.92 Å². The minimum atomic E-state index is 0.0767. The van der Waals surface area contributed by atoms with E-state index in [1.165, 1.54) is 12.8 Å². The number of piperazine rings is 1. The molecule has 3 heterocycles. The maximum atomic E-state index is 12.7. The highest BCUT2D eigenvalue weighted by molar-refractivity contribution is 5.81. The summed E-state index contributed by atoms with van der Waals surface area (Å²) in [6.45, 7) is 5.61. The zero-order valence-electron chi connectivity index (χ0n) is 16.8. The lowest BCUT2D eigenvalue weighted by atomic mass is 10.0. The molecule has 3 aliphatic rings. The molecule has 1 atom stereocenters. The predicted octanol–water partition coefficient (Wildman–Crippen LogP) is 1.60. The van der Waals surface area contributed by atoms with Crippen molar-refractivity contribution in [3.05, 3.63) is 34.9 Å². The largest absolute Gasteiger partial charge is 0.369 e. The topological polar surface area (TPSA) is 70.5 Å². The van der Waals surface area contributed by atoms with Gasteiger partial charge in [-0.1, -0.05) is 0 Å². The second-order valence-electron chi connectivity index (χ2n) is 8.79. The van der Waals surface area contributed by atoms with Crippen LogP contribution in [0.2, 0.25) is 0 Å². The number of fused-ring (bicyclic) bond motifs is 1. The van der Waals surface area contributed by atoms with Crippen LogP contribution in [0.4, 0.5) is 5.69 Å². The van der Waals surface area contributed by atoms with Crippen LogP contribution < -0.4 is 15.8 Å². The molecule has 29 heavy (non-hydrogen) atoms. The van der Waals surface area contributed by atoms with E-state index in [1.54, 1.807) is 10.9 Å². The number of nitrogens with zero attached hydrogens (tertiary/aromatic N) is 4. The van der Waals surface area contributed by atoms with Crippen LogP contribution in [0.3, 0.4) is 0 Å². The number of benzene rings is 1. The van der Waals surface area contributed by atoms with E-state index in [1.807, 2.05) is 6.07 Å². The Balaban J connectivity index is 1.23. The van der Waals surface area contributed by atoms with E-state index < -0.39 is 0 Å². The zero-order valence-corrected chi connectivity index (χ0v) is 16.8. The van der Waals surface area contributed by atoms with Crippen molar-refractivity contribution in [3.8, 4) is 0 Å². The summed E-state index contributed by atoms with van der Waals surface area (Å²) >= 11 is 0. The van der Waals surface area contributed by atoms with Crippen molar-refractivity contribution < 1.29 is 4.79 Å². The first kappa shape index (κ1) is 18.6. The van der Waals surface area contributed by atoms with Crippen molar-refractivity contribution in [1.29, 1.82) is 0 Å². The van der Waals surface area contributed by atoms with Crippen molar-refractivity contribution in [3.63, 3.8) is 0 Å². The fourth-order valence-electron chi connectivity index (χ4n) is 4.57. The van der Waals surface area contributed by atoms with Gasteiger partial charge in [0.25, 0.3) is 5.56 Å². The molecule has 1 unspecified atom stereocenters. The minimum Gasteiger partial charge on any atom is -0.369 e. The monoisotopic (exact) mass is 395 g/mol. The maximum absolute atomic E-state index is 12.7. The lowest BCUT2D eigenvalue weighted by Crippen LogP contribution is -2.52. The number of carbonyl (C=O) groups is 1. The zero-order chi connectivity index (χ0) is 19.8. The molecule has 2 saturated heterocycles. The predicted molar refractivity (Wildman–Crippen MR) is 113 cm³/mol. The Morgan fingerprint density at radius 2 is 1.86 bits per heavy atom. The number of anilines is 1. The van der Waals surface area contributed by atoms with Crippen LogP contribution in [-0.2, 0) is 11.3 Å². The van der Waals surface area contributed by atoms with Crippen LogP contribution in [-0.4, -0.2) is 59.1 Å². The van der Waals surface area contributed by atoms with E-state index in [-0.39, 0.29) is 11.5 Å². The molecule has 1 N–H and O–H groups in total. The molecule has 0 radical (unpaired) electrons. The number of hydrogen-bond acceptors (Lipinski definition) is 5. The lowest BCUT2D eigenvalue weighted by Gasteiger charge is -2.38.